The van der Waals surface area contributed by atoms with Crippen molar-refractivity contribution in [1.29, 1.82) is 0 Å². The zero-order valence-electron chi connectivity index (χ0n) is 11.4. The minimum absolute atomic E-state index is 0.158. The first-order valence-electron chi connectivity index (χ1n) is 6.82. The molecule has 104 valence electrons. The number of aromatic nitrogens is 1. The van der Waals surface area contributed by atoms with Crippen molar-refractivity contribution >= 4 is 0 Å². The van der Waals surface area contributed by atoms with Gasteiger partial charge in [0.15, 0.2) is 0 Å². The largest absolute Gasteiger partial charge is 0.372 e. The molecule has 1 atom stereocenters. The lowest BCUT2D eigenvalue weighted by atomic mass is 9.96. The Hall–Kier alpha value is -1.78. The second-order valence-electron chi connectivity index (χ2n) is 4.91. The maximum Gasteiger partial charge on any atom is 0.146 e. The van der Waals surface area contributed by atoms with Crippen molar-refractivity contribution in [3.05, 3.63) is 64.7 Å². The summed E-state index contributed by atoms with van der Waals surface area (Å²) in [5.74, 6) is -0.282. The average molecular weight is 272 g/mol. The summed E-state index contributed by atoms with van der Waals surface area (Å²) < 4.78 is 19.4. The SMILES string of the molecule is CCNC(c1ccc2c(c1)COC2)c1ccncc1F. The lowest BCUT2D eigenvalue weighted by Gasteiger charge is -2.20. The Morgan fingerprint density at radius 2 is 2.15 bits per heavy atom. The van der Waals surface area contributed by atoms with Gasteiger partial charge in [0.2, 0.25) is 0 Å². The van der Waals surface area contributed by atoms with E-state index in [1.165, 1.54) is 17.3 Å². The van der Waals surface area contributed by atoms with Crippen LogP contribution in [-0.4, -0.2) is 11.5 Å². The van der Waals surface area contributed by atoms with Gasteiger partial charge in [-0.15, -0.1) is 0 Å². The first-order valence-corrected chi connectivity index (χ1v) is 6.82. The molecular weight excluding hydrogens is 255 g/mol. The summed E-state index contributed by atoms with van der Waals surface area (Å²) in [7, 11) is 0. The van der Waals surface area contributed by atoms with Crippen LogP contribution in [0.25, 0.3) is 0 Å². The summed E-state index contributed by atoms with van der Waals surface area (Å²) in [6, 6.07) is 7.79. The van der Waals surface area contributed by atoms with Gasteiger partial charge < -0.3 is 10.1 Å². The molecule has 0 saturated carbocycles. The van der Waals surface area contributed by atoms with E-state index in [-0.39, 0.29) is 11.9 Å². The maximum absolute atomic E-state index is 14.0. The van der Waals surface area contributed by atoms with Gasteiger partial charge in [-0.3, -0.25) is 4.98 Å². The van der Waals surface area contributed by atoms with Gasteiger partial charge in [0.1, 0.15) is 5.82 Å². The van der Waals surface area contributed by atoms with Crippen molar-refractivity contribution in [3.8, 4) is 0 Å². The predicted octanol–water partition coefficient (Wildman–Crippen LogP) is 2.95. The lowest BCUT2D eigenvalue weighted by Crippen LogP contribution is -2.23. The zero-order chi connectivity index (χ0) is 13.9. The fourth-order valence-electron chi connectivity index (χ4n) is 2.60. The van der Waals surface area contributed by atoms with Crippen molar-refractivity contribution in [2.75, 3.05) is 6.54 Å². The van der Waals surface area contributed by atoms with E-state index >= 15 is 0 Å². The summed E-state index contributed by atoms with van der Waals surface area (Å²) in [4.78, 5) is 3.82. The molecule has 0 aliphatic carbocycles. The molecule has 3 rings (SSSR count). The monoisotopic (exact) mass is 272 g/mol. The molecule has 1 aliphatic heterocycles. The van der Waals surface area contributed by atoms with Crippen LogP contribution in [0.1, 0.15) is 35.2 Å². The minimum atomic E-state index is -0.282. The molecule has 4 heteroatoms. The molecule has 1 aromatic heterocycles. The average Bonchev–Trinajstić information content (AvgIpc) is 2.93. The number of ether oxygens (including phenoxy) is 1. The van der Waals surface area contributed by atoms with Gasteiger partial charge in [0, 0.05) is 11.8 Å². The van der Waals surface area contributed by atoms with Gasteiger partial charge in [-0.1, -0.05) is 25.1 Å². The van der Waals surface area contributed by atoms with E-state index in [1.807, 2.05) is 13.0 Å². The highest BCUT2D eigenvalue weighted by atomic mass is 19.1. The van der Waals surface area contributed by atoms with Crippen LogP contribution in [0, 0.1) is 5.82 Å². The number of rotatable bonds is 4. The maximum atomic E-state index is 14.0. The third kappa shape index (κ3) is 2.44. The number of pyridine rings is 1. The Bertz CT molecular complexity index is 615. The Morgan fingerprint density at radius 1 is 1.30 bits per heavy atom. The van der Waals surface area contributed by atoms with Crippen LogP contribution in [0.4, 0.5) is 4.39 Å². The van der Waals surface area contributed by atoms with E-state index < -0.39 is 0 Å². The van der Waals surface area contributed by atoms with Crippen molar-refractivity contribution in [2.45, 2.75) is 26.2 Å². The van der Waals surface area contributed by atoms with Gasteiger partial charge in [-0.05, 0) is 29.3 Å². The third-order valence-corrected chi connectivity index (χ3v) is 3.60. The van der Waals surface area contributed by atoms with Gasteiger partial charge in [0.25, 0.3) is 0 Å². The smallest absolute Gasteiger partial charge is 0.146 e. The molecule has 1 aromatic carbocycles. The van der Waals surface area contributed by atoms with E-state index in [4.69, 9.17) is 4.74 Å². The number of hydrogen-bond donors (Lipinski definition) is 1. The fourth-order valence-corrected chi connectivity index (χ4v) is 2.60. The molecular formula is C16H17FN2O. The highest BCUT2D eigenvalue weighted by Gasteiger charge is 2.19. The van der Waals surface area contributed by atoms with E-state index in [0.717, 1.165) is 12.1 Å². The minimum Gasteiger partial charge on any atom is -0.372 e. The van der Waals surface area contributed by atoms with Crippen molar-refractivity contribution in [3.63, 3.8) is 0 Å². The molecule has 0 radical (unpaired) electrons. The quantitative estimate of drug-likeness (QED) is 0.929. The van der Waals surface area contributed by atoms with E-state index in [1.54, 1.807) is 12.3 Å². The number of halogens is 1. The Kier molecular flexibility index (Phi) is 3.76. The number of nitrogens with one attached hydrogen (secondary N) is 1. The van der Waals surface area contributed by atoms with Crippen LogP contribution in [0.15, 0.2) is 36.7 Å². The highest BCUT2D eigenvalue weighted by Crippen LogP contribution is 2.28. The number of benzene rings is 1. The predicted molar refractivity (Wildman–Crippen MR) is 74.6 cm³/mol. The fraction of sp³-hybridized carbons (Fsp3) is 0.312. The molecule has 2 aromatic rings. The highest BCUT2D eigenvalue weighted by molar-refractivity contribution is 5.38. The number of hydrogen-bond acceptors (Lipinski definition) is 3. The summed E-state index contributed by atoms with van der Waals surface area (Å²) in [6.07, 6.45) is 2.88. The molecule has 0 saturated heterocycles. The standard InChI is InChI=1S/C16H17FN2O/c1-2-19-16(14-5-6-18-8-15(14)17)11-3-4-12-9-20-10-13(12)7-11/h3-8,16,19H,2,9-10H2,1H3. The molecule has 1 N–H and O–H groups in total. The van der Waals surface area contributed by atoms with E-state index in [9.17, 15) is 4.39 Å². The summed E-state index contributed by atoms with van der Waals surface area (Å²) in [5.41, 5.74) is 4.10. The lowest BCUT2D eigenvalue weighted by molar-refractivity contribution is 0.134. The van der Waals surface area contributed by atoms with Crippen LogP contribution in [0.3, 0.4) is 0 Å². The number of fused-ring (bicyclic) bond motifs is 1. The first kappa shape index (κ1) is 13.2. The first-order chi connectivity index (χ1) is 9.79. The molecule has 0 bridgehead atoms. The molecule has 3 nitrogen and oxygen atoms in total. The third-order valence-electron chi connectivity index (χ3n) is 3.60. The van der Waals surface area contributed by atoms with Crippen LogP contribution in [0.5, 0.6) is 0 Å². The van der Waals surface area contributed by atoms with Crippen molar-refractivity contribution < 1.29 is 9.13 Å². The van der Waals surface area contributed by atoms with Gasteiger partial charge in [-0.25, -0.2) is 4.39 Å². The Morgan fingerprint density at radius 3 is 2.95 bits per heavy atom. The van der Waals surface area contributed by atoms with Gasteiger partial charge in [-0.2, -0.15) is 0 Å². The Balaban J connectivity index is 2.01. The summed E-state index contributed by atoms with van der Waals surface area (Å²) >= 11 is 0. The van der Waals surface area contributed by atoms with E-state index in [2.05, 4.69) is 22.4 Å². The van der Waals surface area contributed by atoms with Gasteiger partial charge in [0.05, 0.1) is 25.5 Å². The normalized spacial score (nSPS) is 15.1. The number of nitrogens with zero attached hydrogens (tertiary/aromatic N) is 1. The van der Waals surface area contributed by atoms with Crippen LogP contribution in [0.2, 0.25) is 0 Å². The Labute approximate surface area is 117 Å². The molecule has 2 heterocycles. The molecule has 0 fully saturated rings. The van der Waals surface area contributed by atoms with Crippen LogP contribution < -0.4 is 5.32 Å². The molecule has 1 aliphatic rings. The summed E-state index contributed by atoms with van der Waals surface area (Å²) in [6.45, 7) is 4.09. The zero-order valence-corrected chi connectivity index (χ0v) is 11.4. The second-order valence-corrected chi connectivity index (χ2v) is 4.91. The van der Waals surface area contributed by atoms with Crippen LogP contribution in [-0.2, 0) is 18.0 Å². The van der Waals surface area contributed by atoms with Gasteiger partial charge >= 0.3 is 0 Å². The van der Waals surface area contributed by atoms with Crippen molar-refractivity contribution in [1.82, 2.24) is 10.3 Å². The summed E-state index contributed by atoms with van der Waals surface area (Å²) in [5, 5.41) is 3.34. The molecule has 1 unspecified atom stereocenters. The molecule has 20 heavy (non-hydrogen) atoms. The second kappa shape index (κ2) is 5.69. The molecule has 0 spiro atoms. The van der Waals surface area contributed by atoms with Crippen LogP contribution >= 0.6 is 0 Å². The molecule has 0 amide bonds. The topological polar surface area (TPSA) is 34.1 Å². The van der Waals surface area contributed by atoms with E-state index in [0.29, 0.717) is 18.8 Å². The van der Waals surface area contributed by atoms with Crippen molar-refractivity contribution in [2.24, 2.45) is 0 Å².